The second-order valence-corrected chi connectivity index (χ2v) is 5.49. The van der Waals surface area contributed by atoms with E-state index in [4.69, 9.17) is 5.11 Å². The molecule has 1 fully saturated rings. The number of nitrogens with one attached hydrogen (secondary N) is 2. The molecule has 0 saturated carbocycles. The Morgan fingerprint density at radius 2 is 2.11 bits per heavy atom. The van der Waals surface area contributed by atoms with Gasteiger partial charge in [0.1, 0.15) is 6.04 Å². The van der Waals surface area contributed by atoms with Gasteiger partial charge in [-0.15, -0.1) is 6.58 Å². The maximum absolute atomic E-state index is 11.5. The maximum Gasteiger partial charge on any atom is 0.326 e. The lowest BCUT2D eigenvalue weighted by Gasteiger charge is -2.26. The van der Waals surface area contributed by atoms with Crippen molar-refractivity contribution in [3.05, 3.63) is 12.7 Å². The van der Waals surface area contributed by atoms with Crippen molar-refractivity contribution < 1.29 is 14.7 Å². The summed E-state index contributed by atoms with van der Waals surface area (Å²) in [5.74, 6) is 1.21. The molecular formula is C12H21N3O3S. The first kappa shape index (κ1) is 15.8. The normalized spacial score (nSPS) is 17.5. The van der Waals surface area contributed by atoms with Crippen molar-refractivity contribution in [3.8, 4) is 0 Å². The van der Waals surface area contributed by atoms with Crippen LogP contribution in [-0.2, 0) is 4.79 Å². The highest BCUT2D eigenvalue weighted by atomic mass is 32.2. The monoisotopic (exact) mass is 287 g/mol. The van der Waals surface area contributed by atoms with Crippen LogP contribution in [0, 0.1) is 0 Å². The molecule has 0 aliphatic carbocycles. The van der Waals surface area contributed by atoms with E-state index in [-0.39, 0.29) is 6.42 Å². The molecule has 0 spiro atoms. The molecule has 1 saturated heterocycles. The van der Waals surface area contributed by atoms with Crippen molar-refractivity contribution in [1.29, 1.82) is 0 Å². The number of thioether (sulfide) groups is 1. The third-order valence-electron chi connectivity index (χ3n) is 2.82. The van der Waals surface area contributed by atoms with E-state index in [0.29, 0.717) is 6.54 Å². The Bertz CT molecular complexity index is 319. The van der Waals surface area contributed by atoms with Crippen molar-refractivity contribution in [1.82, 2.24) is 15.5 Å². The number of urea groups is 1. The second-order valence-electron chi connectivity index (χ2n) is 4.27. The van der Waals surface area contributed by atoms with Crippen LogP contribution in [0.2, 0.25) is 0 Å². The van der Waals surface area contributed by atoms with Crippen LogP contribution in [0.5, 0.6) is 0 Å². The number of carbonyl (C=O) groups is 2. The van der Waals surface area contributed by atoms with E-state index < -0.39 is 18.0 Å². The van der Waals surface area contributed by atoms with E-state index in [0.717, 1.165) is 31.1 Å². The molecule has 0 bridgehead atoms. The molecule has 3 N–H and O–H groups in total. The third-order valence-corrected chi connectivity index (χ3v) is 3.77. The summed E-state index contributed by atoms with van der Waals surface area (Å²) in [6, 6.07) is -1.36. The molecule has 6 nitrogen and oxygen atoms in total. The zero-order valence-electron chi connectivity index (χ0n) is 10.9. The van der Waals surface area contributed by atoms with Gasteiger partial charge >= 0.3 is 12.0 Å². The number of carbonyl (C=O) groups excluding carboxylic acids is 1. The van der Waals surface area contributed by atoms with Crippen molar-refractivity contribution in [2.45, 2.75) is 12.5 Å². The predicted molar refractivity (Wildman–Crippen MR) is 76.5 cm³/mol. The van der Waals surface area contributed by atoms with E-state index in [9.17, 15) is 9.59 Å². The molecule has 1 rings (SSSR count). The Balaban J connectivity index is 2.18. The fourth-order valence-electron chi connectivity index (χ4n) is 1.75. The van der Waals surface area contributed by atoms with Crippen LogP contribution in [0.1, 0.15) is 6.42 Å². The molecule has 1 atom stereocenters. The Morgan fingerprint density at radius 1 is 1.42 bits per heavy atom. The van der Waals surface area contributed by atoms with E-state index in [1.165, 1.54) is 6.08 Å². The average molecular weight is 287 g/mol. The summed E-state index contributed by atoms with van der Waals surface area (Å²) >= 11 is 1.94. The summed E-state index contributed by atoms with van der Waals surface area (Å²) in [5.41, 5.74) is 0. The molecule has 1 aliphatic heterocycles. The van der Waals surface area contributed by atoms with Gasteiger partial charge in [-0.3, -0.25) is 4.90 Å². The highest BCUT2D eigenvalue weighted by molar-refractivity contribution is 7.99. The zero-order valence-corrected chi connectivity index (χ0v) is 11.7. The summed E-state index contributed by atoms with van der Waals surface area (Å²) in [5, 5.41) is 14.0. The van der Waals surface area contributed by atoms with Gasteiger partial charge in [0.2, 0.25) is 0 Å². The molecule has 0 aromatic heterocycles. The van der Waals surface area contributed by atoms with Gasteiger partial charge in [-0.1, -0.05) is 6.08 Å². The minimum atomic E-state index is -1.05. The standard InChI is InChI=1S/C12H21N3O3S/c1-2-3-10(11(16)17)14-12(18)13-4-5-15-6-8-19-9-7-15/h2,10H,1,3-9H2,(H,16,17)(H2,13,14,18). The third kappa shape index (κ3) is 6.49. The Hall–Kier alpha value is -1.21. The number of amides is 2. The molecule has 0 aromatic rings. The Labute approximate surface area is 117 Å². The first-order valence-electron chi connectivity index (χ1n) is 6.31. The Morgan fingerprint density at radius 3 is 2.68 bits per heavy atom. The summed E-state index contributed by atoms with van der Waals surface area (Å²) in [7, 11) is 0. The molecule has 0 radical (unpaired) electrons. The molecular weight excluding hydrogens is 266 g/mol. The quantitative estimate of drug-likeness (QED) is 0.589. The smallest absolute Gasteiger partial charge is 0.326 e. The molecule has 19 heavy (non-hydrogen) atoms. The van der Waals surface area contributed by atoms with Crippen molar-refractivity contribution in [2.75, 3.05) is 37.7 Å². The van der Waals surface area contributed by atoms with Gasteiger partial charge in [-0.25, -0.2) is 9.59 Å². The number of aliphatic carboxylic acids is 1. The summed E-state index contributed by atoms with van der Waals surface area (Å²) in [4.78, 5) is 24.7. The van der Waals surface area contributed by atoms with E-state index in [2.05, 4.69) is 22.1 Å². The lowest BCUT2D eigenvalue weighted by Crippen LogP contribution is -2.48. The first-order chi connectivity index (χ1) is 9.13. The average Bonchev–Trinajstić information content (AvgIpc) is 2.39. The summed E-state index contributed by atoms with van der Waals surface area (Å²) in [6.07, 6.45) is 1.69. The number of carboxylic acid groups (broad SMARTS) is 1. The highest BCUT2D eigenvalue weighted by Gasteiger charge is 2.18. The lowest BCUT2D eigenvalue weighted by atomic mass is 10.2. The number of hydrogen-bond acceptors (Lipinski definition) is 4. The molecule has 1 unspecified atom stereocenters. The summed E-state index contributed by atoms with van der Waals surface area (Å²) < 4.78 is 0. The minimum absolute atomic E-state index is 0.214. The van der Waals surface area contributed by atoms with Crippen LogP contribution < -0.4 is 10.6 Å². The van der Waals surface area contributed by atoms with Crippen LogP contribution in [0.4, 0.5) is 4.79 Å². The van der Waals surface area contributed by atoms with E-state index in [1.54, 1.807) is 0 Å². The fraction of sp³-hybridized carbons (Fsp3) is 0.667. The molecule has 2 amide bonds. The number of rotatable bonds is 7. The summed E-state index contributed by atoms with van der Waals surface area (Å²) in [6.45, 7) is 6.88. The van der Waals surface area contributed by atoms with Gasteiger partial charge in [0.15, 0.2) is 0 Å². The van der Waals surface area contributed by atoms with E-state index in [1.807, 2.05) is 11.8 Å². The predicted octanol–water partition coefficient (Wildman–Crippen LogP) is 0.364. The van der Waals surface area contributed by atoms with Crippen LogP contribution >= 0.6 is 11.8 Å². The van der Waals surface area contributed by atoms with E-state index >= 15 is 0 Å². The molecule has 1 aliphatic rings. The fourth-order valence-corrected chi connectivity index (χ4v) is 2.73. The first-order valence-corrected chi connectivity index (χ1v) is 7.47. The maximum atomic E-state index is 11.5. The van der Waals surface area contributed by atoms with Gasteiger partial charge < -0.3 is 15.7 Å². The lowest BCUT2D eigenvalue weighted by molar-refractivity contribution is -0.139. The number of carboxylic acids is 1. The van der Waals surface area contributed by atoms with Crippen LogP contribution in [0.3, 0.4) is 0 Å². The van der Waals surface area contributed by atoms with Crippen molar-refractivity contribution >= 4 is 23.8 Å². The SMILES string of the molecule is C=CCC(NC(=O)NCCN1CCSCC1)C(=O)O. The number of nitrogens with zero attached hydrogens (tertiary/aromatic N) is 1. The van der Waals surface area contributed by atoms with Gasteiger partial charge in [-0.05, 0) is 6.42 Å². The second kappa shape index (κ2) is 8.82. The number of hydrogen-bond donors (Lipinski definition) is 3. The molecule has 7 heteroatoms. The van der Waals surface area contributed by atoms with Crippen molar-refractivity contribution in [3.63, 3.8) is 0 Å². The van der Waals surface area contributed by atoms with Crippen LogP contribution in [-0.4, -0.2) is 65.7 Å². The van der Waals surface area contributed by atoms with Gasteiger partial charge in [-0.2, -0.15) is 11.8 Å². The van der Waals surface area contributed by atoms with Gasteiger partial charge in [0.25, 0.3) is 0 Å². The van der Waals surface area contributed by atoms with Gasteiger partial charge in [0.05, 0.1) is 0 Å². The molecule has 108 valence electrons. The topological polar surface area (TPSA) is 81.7 Å². The minimum Gasteiger partial charge on any atom is -0.480 e. The largest absolute Gasteiger partial charge is 0.480 e. The highest BCUT2D eigenvalue weighted by Crippen LogP contribution is 2.07. The van der Waals surface area contributed by atoms with Gasteiger partial charge in [0, 0.05) is 37.7 Å². The van der Waals surface area contributed by atoms with Crippen LogP contribution in [0.25, 0.3) is 0 Å². The Kier molecular flexibility index (Phi) is 7.35. The van der Waals surface area contributed by atoms with Crippen molar-refractivity contribution in [2.24, 2.45) is 0 Å². The zero-order chi connectivity index (χ0) is 14.1. The van der Waals surface area contributed by atoms with Crippen LogP contribution in [0.15, 0.2) is 12.7 Å². The molecule has 1 heterocycles. The molecule has 0 aromatic carbocycles.